The molecule has 0 aliphatic carbocycles. The highest BCUT2D eigenvalue weighted by Gasteiger charge is 2.11. The van der Waals surface area contributed by atoms with Crippen LogP contribution < -0.4 is 15.4 Å². The maximum absolute atomic E-state index is 13.7. The lowest BCUT2D eigenvalue weighted by molar-refractivity contribution is 0.397. The highest BCUT2D eigenvalue weighted by molar-refractivity contribution is 7.89. The molecule has 0 spiro atoms. The Bertz CT molecular complexity index is 933. The van der Waals surface area contributed by atoms with E-state index in [4.69, 9.17) is 4.74 Å². The van der Waals surface area contributed by atoms with E-state index >= 15 is 0 Å². The highest BCUT2D eigenvalue weighted by Crippen LogP contribution is 2.14. The lowest BCUT2D eigenvalue weighted by Gasteiger charge is -2.14. The molecule has 7 nitrogen and oxygen atoms in total. The van der Waals surface area contributed by atoms with Gasteiger partial charge in [0.25, 0.3) is 0 Å². The Morgan fingerprint density at radius 3 is 2.68 bits per heavy atom. The third kappa shape index (κ3) is 7.15. The number of benzene rings is 1. The Kier molecular flexibility index (Phi) is 7.74. The van der Waals surface area contributed by atoms with E-state index in [-0.39, 0.29) is 12.3 Å². The van der Waals surface area contributed by atoms with Gasteiger partial charge in [-0.15, -0.1) is 0 Å². The minimum absolute atomic E-state index is 0.144. The maximum Gasteiger partial charge on any atom is 0.213 e. The molecule has 1 aromatic heterocycles. The second-order valence-electron chi connectivity index (χ2n) is 6.24. The van der Waals surface area contributed by atoms with Crippen molar-refractivity contribution in [2.75, 3.05) is 19.9 Å². The van der Waals surface area contributed by atoms with Crippen LogP contribution in [0.1, 0.15) is 23.6 Å². The van der Waals surface area contributed by atoms with Gasteiger partial charge in [-0.2, -0.15) is 0 Å². The molecule has 0 fully saturated rings. The summed E-state index contributed by atoms with van der Waals surface area (Å²) >= 11 is 0. The molecular weight excluding hydrogens is 383 g/mol. The van der Waals surface area contributed by atoms with Gasteiger partial charge in [0.2, 0.25) is 5.88 Å². The van der Waals surface area contributed by atoms with Crippen LogP contribution in [0.4, 0.5) is 4.39 Å². The van der Waals surface area contributed by atoms with Crippen LogP contribution in [0.15, 0.2) is 41.5 Å². The molecule has 0 amide bonds. The average molecular weight is 408 g/mol. The summed E-state index contributed by atoms with van der Waals surface area (Å²) in [6, 6.07) is 7.74. The summed E-state index contributed by atoms with van der Waals surface area (Å²) in [6.07, 6.45) is 2.80. The fourth-order valence-corrected chi connectivity index (χ4v) is 3.38. The molecule has 1 heterocycles. The second-order valence-corrected chi connectivity index (χ2v) is 8.38. The van der Waals surface area contributed by atoms with E-state index in [1.807, 2.05) is 13.0 Å². The van der Waals surface area contributed by atoms with Crippen LogP contribution in [-0.2, 0) is 28.7 Å². The van der Waals surface area contributed by atoms with Crippen LogP contribution in [0.2, 0.25) is 0 Å². The van der Waals surface area contributed by atoms with Crippen molar-refractivity contribution in [2.45, 2.75) is 25.8 Å². The van der Waals surface area contributed by atoms with Crippen molar-refractivity contribution in [2.24, 2.45) is 4.99 Å². The monoisotopic (exact) mass is 408 g/mol. The first kappa shape index (κ1) is 21.6. The zero-order valence-corrected chi connectivity index (χ0v) is 17.0. The first-order valence-corrected chi connectivity index (χ1v) is 10.8. The van der Waals surface area contributed by atoms with E-state index in [9.17, 15) is 12.8 Å². The van der Waals surface area contributed by atoms with Crippen LogP contribution in [0.5, 0.6) is 5.88 Å². The minimum atomic E-state index is -3.23. The number of hydrogen-bond donors (Lipinski definition) is 2. The SMILES string of the molecule is CCNC(=NCc1ccnc(OC)c1)NCc1cc(F)ccc1CS(C)(=O)=O. The predicted molar refractivity (Wildman–Crippen MR) is 107 cm³/mol. The van der Waals surface area contributed by atoms with E-state index < -0.39 is 15.7 Å². The molecule has 0 aliphatic heterocycles. The number of sulfone groups is 1. The van der Waals surface area contributed by atoms with Gasteiger partial charge in [-0.05, 0) is 41.8 Å². The Labute approximate surface area is 165 Å². The van der Waals surface area contributed by atoms with Gasteiger partial charge < -0.3 is 15.4 Å². The molecule has 2 rings (SSSR count). The minimum Gasteiger partial charge on any atom is -0.481 e. The third-order valence-electron chi connectivity index (χ3n) is 3.80. The first-order valence-electron chi connectivity index (χ1n) is 8.77. The zero-order valence-electron chi connectivity index (χ0n) is 16.2. The van der Waals surface area contributed by atoms with Crippen LogP contribution in [-0.4, -0.2) is 39.3 Å². The van der Waals surface area contributed by atoms with E-state index in [2.05, 4.69) is 20.6 Å². The van der Waals surface area contributed by atoms with Gasteiger partial charge in [-0.1, -0.05) is 6.07 Å². The Morgan fingerprint density at radius 1 is 1.21 bits per heavy atom. The Hall–Kier alpha value is -2.68. The van der Waals surface area contributed by atoms with Crippen LogP contribution in [0.3, 0.4) is 0 Å². The molecular formula is C19H25FN4O3S. The number of aromatic nitrogens is 1. The normalized spacial score (nSPS) is 11.9. The zero-order chi connectivity index (χ0) is 20.6. The fourth-order valence-electron chi connectivity index (χ4n) is 2.53. The number of halogens is 1. The number of aliphatic imine (C=N–C) groups is 1. The molecule has 9 heteroatoms. The number of ether oxygens (including phenoxy) is 1. The summed E-state index contributed by atoms with van der Waals surface area (Å²) in [7, 11) is -1.68. The van der Waals surface area contributed by atoms with Crippen LogP contribution in [0.25, 0.3) is 0 Å². The van der Waals surface area contributed by atoms with Gasteiger partial charge in [0.05, 0.1) is 19.4 Å². The van der Waals surface area contributed by atoms with Gasteiger partial charge in [0, 0.05) is 31.6 Å². The van der Waals surface area contributed by atoms with Crippen LogP contribution in [0, 0.1) is 5.82 Å². The van der Waals surface area contributed by atoms with E-state index in [0.29, 0.717) is 36.1 Å². The Balaban J connectivity index is 2.13. The number of nitrogens with zero attached hydrogens (tertiary/aromatic N) is 2. The van der Waals surface area contributed by atoms with Crippen LogP contribution >= 0.6 is 0 Å². The van der Waals surface area contributed by atoms with Crippen molar-refractivity contribution in [3.8, 4) is 5.88 Å². The third-order valence-corrected chi connectivity index (χ3v) is 4.64. The van der Waals surface area contributed by atoms with Crippen molar-refractivity contribution >= 4 is 15.8 Å². The molecule has 0 saturated heterocycles. The lowest BCUT2D eigenvalue weighted by Crippen LogP contribution is -2.37. The van der Waals surface area contributed by atoms with Gasteiger partial charge in [0.15, 0.2) is 15.8 Å². The van der Waals surface area contributed by atoms with Gasteiger partial charge in [-0.3, -0.25) is 0 Å². The summed E-state index contributed by atoms with van der Waals surface area (Å²) < 4.78 is 42.0. The predicted octanol–water partition coefficient (Wildman–Crippen LogP) is 2.03. The van der Waals surface area contributed by atoms with Gasteiger partial charge in [-0.25, -0.2) is 22.8 Å². The summed E-state index contributed by atoms with van der Waals surface area (Å²) in [5.74, 6) is 0.484. The van der Waals surface area contributed by atoms with E-state index in [0.717, 1.165) is 11.8 Å². The topological polar surface area (TPSA) is 92.7 Å². The van der Waals surface area contributed by atoms with Crippen molar-refractivity contribution < 1.29 is 17.5 Å². The standard InChI is InChI=1S/C19H25FN4O3S/c1-4-21-19(23-11-14-7-8-22-18(9-14)27-2)24-12-16-10-17(20)6-5-15(16)13-28(3,25)26/h5-10H,4,11-13H2,1-3H3,(H2,21,23,24). The quantitative estimate of drug-likeness (QED) is 0.513. The fraction of sp³-hybridized carbons (Fsp3) is 0.368. The smallest absolute Gasteiger partial charge is 0.213 e. The largest absolute Gasteiger partial charge is 0.481 e. The number of rotatable bonds is 8. The molecule has 152 valence electrons. The molecule has 2 N–H and O–H groups in total. The van der Waals surface area contributed by atoms with Crippen molar-refractivity contribution in [3.63, 3.8) is 0 Å². The maximum atomic E-state index is 13.7. The molecule has 0 radical (unpaired) electrons. The molecule has 2 aromatic rings. The Morgan fingerprint density at radius 2 is 2.00 bits per heavy atom. The summed E-state index contributed by atoms with van der Waals surface area (Å²) in [4.78, 5) is 8.56. The number of pyridine rings is 1. The second kappa shape index (κ2) is 10.0. The molecule has 1 aromatic carbocycles. The molecule has 28 heavy (non-hydrogen) atoms. The van der Waals surface area contributed by atoms with Gasteiger partial charge in [0.1, 0.15) is 5.82 Å². The van der Waals surface area contributed by atoms with Crippen molar-refractivity contribution in [3.05, 3.63) is 59.0 Å². The van der Waals surface area contributed by atoms with Crippen molar-refractivity contribution in [1.29, 1.82) is 0 Å². The molecule has 0 bridgehead atoms. The molecule has 0 unspecified atom stereocenters. The first-order chi connectivity index (χ1) is 13.3. The number of nitrogens with one attached hydrogen (secondary N) is 2. The highest BCUT2D eigenvalue weighted by atomic mass is 32.2. The summed E-state index contributed by atoms with van der Waals surface area (Å²) in [5, 5.41) is 6.23. The number of guanidine groups is 1. The summed E-state index contributed by atoms with van der Waals surface area (Å²) in [5.41, 5.74) is 2.06. The molecule has 0 aliphatic rings. The molecule has 0 saturated carbocycles. The van der Waals surface area contributed by atoms with E-state index in [1.165, 1.54) is 18.2 Å². The lowest BCUT2D eigenvalue weighted by atomic mass is 10.1. The number of hydrogen-bond acceptors (Lipinski definition) is 5. The van der Waals surface area contributed by atoms with Crippen molar-refractivity contribution in [1.82, 2.24) is 15.6 Å². The van der Waals surface area contributed by atoms with E-state index in [1.54, 1.807) is 19.4 Å². The molecule has 0 atom stereocenters. The average Bonchev–Trinajstić information content (AvgIpc) is 2.65. The summed E-state index contributed by atoms with van der Waals surface area (Å²) in [6.45, 7) is 3.22. The number of methoxy groups -OCH3 is 1. The van der Waals surface area contributed by atoms with Gasteiger partial charge >= 0.3 is 0 Å².